The number of carbonyl (C=O) groups is 1. The van der Waals surface area contributed by atoms with E-state index in [4.69, 9.17) is 5.11 Å². The van der Waals surface area contributed by atoms with Crippen LogP contribution in [0.3, 0.4) is 0 Å². The minimum absolute atomic E-state index is 0.0449. The predicted octanol–water partition coefficient (Wildman–Crippen LogP) is 1.41. The first-order valence-corrected chi connectivity index (χ1v) is 5.39. The average molecular weight is 238 g/mol. The van der Waals surface area contributed by atoms with Crippen molar-refractivity contribution >= 4 is 5.97 Å². The van der Waals surface area contributed by atoms with Gasteiger partial charge >= 0.3 is 5.97 Å². The number of ether oxygens (including phenoxy) is 1. The molecule has 0 saturated carbocycles. The van der Waals surface area contributed by atoms with Crippen LogP contribution < -0.4 is 0 Å². The molecule has 94 valence electrons. The lowest BCUT2D eigenvalue weighted by atomic mass is 9.82. The molecule has 1 unspecified atom stereocenters. The van der Waals surface area contributed by atoms with Gasteiger partial charge in [0.25, 0.3) is 0 Å². The van der Waals surface area contributed by atoms with Crippen molar-refractivity contribution in [2.24, 2.45) is 5.41 Å². The van der Waals surface area contributed by atoms with Crippen LogP contribution in [0.25, 0.3) is 0 Å². The highest BCUT2D eigenvalue weighted by Crippen LogP contribution is 2.34. The number of hydrogen-bond acceptors (Lipinski definition) is 4. The lowest BCUT2D eigenvalue weighted by molar-refractivity contribution is -0.157. The molecular formula is C13H18O4. The Hall–Kier alpha value is -1.39. The van der Waals surface area contributed by atoms with E-state index in [9.17, 15) is 9.90 Å². The molecule has 0 aliphatic rings. The second-order valence-corrected chi connectivity index (χ2v) is 4.52. The van der Waals surface area contributed by atoms with Crippen molar-refractivity contribution in [1.29, 1.82) is 0 Å². The van der Waals surface area contributed by atoms with Gasteiger partial charge in [0.15, 0.2) is 0 Å². The Morgan fingerprint density at radius 2 is 1.88 bits per heavy atom. The summed E-state index contributed by atoms with van der Waals surface area (Å²) in [6.07, 6.45) is -0.942. The van der Waals surface area contributed by atoms with Crippen LogP contribution in [-0.4, -0.2) is 23.3 Å². The molecule has 1 atom stereocenters. The van der Waals surface area contributed by atoms with Gasteiger partial charge in [-0.15, -0.1) is 0 Å². The molecule has 0 spiro atoms. The fraction of sp³-hybridized carbons (Fsp3) is 0.462. The number of benzene rings is 1. The molecule has 0 heterocycles. The summed E-state index contributed by atoms with van der Waals surface area (Å²) in [6, 6.07) is 6.82. The largest absolute Gasteiger partial charge is 0.469 e. The maximum absolute atomic E-state index is 11.5. The van der Waals surface area contributed by atoms with Crippen molar-refractivity contribution in [3.05, 3.63) is 35.4 Å². The van der Waals surface area contributed by atoms with Crippen LogP contribution >= 0.6 is 0 Å². The molecular weight excluding hydrogens is 220 g/mol. The Kier molecular flexibility index (Phi) is 4.26. The van der Waals surface area contributed by atoms with Gasteiger partial charge in [0.05, 0.1) is 25.2 Å². The Balaban J connectivity index is 2.95. The van der Waals surface area contributed by atoms with Crippen molar-refractivity contribution in [3.63, 3.8) is 0 Å². The zero-order valence-electron chi connectivity index (χ0n) is 10.3. The third-order valence-electron chi connectivity index (χ3n) is 2.87. The smallest absolute Gasteiger partial charge is 0.314 e. The molecule has 0 fully saturated rings. The van der Waals surface area contributed by atoms with Crippen molar-refractivity contribution in [2.75, 3.05) is 7.11 Å². The molecule has 4 heteroatoms. The Labute approximate surface area is 101 Å². The van der Waals surface area contributed by atoms with Crippen LogP contribution in [0.4, 0.5) is 0 Å². The molecule has 1 rings (SSSR count). The van der Waals surface area contributed by atoms with Crippen LogP contribution in [0.15, 0.2) is 24.3 Å². The molecule has 0 radical (unpaired) electrons. The fourth-order valence-electron chi connectivity index (χ4n) is 1.60. The number of hydrogen-bond donors (Lipinski definition) is 2. The molecule has 0 aliphatic heterocycles. The summed E-state index contributed by atoms with van der Waals surface area (Å²) in [4.78, 5) is 11.5. The lowest BCUT2D eigenvalue weighted by Crippen LogP contribution is -2.32. The van der Waals surface area contributed by atoms with Gasteiger partial charge in [-0.2, -0.15) is 0 Å². The van der Waals surface area contributed by atoms with Crippen molar-refractivity contribution < 1.29 is 19.7 Å². The van der Waals surface area contributed by atoms with E-state index in [0.717, 1.165) is 5.56 Å². The van der Waals surface area contributed by atoms with Gasteiger partial charge in [-0.25, -0.2) is 0 Å². The number of aliphatic hydroxyl groups excluding tert-OH is 2. The topological polar surface area (TPSA) is 66.8 Å². The highest BCUT2D eigenvalue weighted by Gasteiger charge is 2.37. The Morgan fingerprint density at radius 1 is 1.35 bits per heavy atom. The zero-order chi connectivity index (χ0) is 13.1. The van der Waals surface area contributed by atoms with Gasteiger partial charge in [0, 0.05) is 0 Å². The molecule has 1 aromatic carbocycles. The number of aliphatic hydroxyl groups is 2. The van der Waals surface area contributed by atoms with Gasteiger partial charge in [-0.3, -0.25) is 4.79 Å². The Bertz CT molecular complexity index is 381. The van der Waals surface area contributed by atoms with Crippen LogP contribution in [0.5, 0.6) is 0 Å². The van der Waals surface area contributed by atoms with E-state index in [0.29, 0.717) is 5.56 Å². The second-order valence-electron chi connectivity index (χ2n) is 4.52. The highest BCUT2D eigenvalue weighted by molar-refractivity contribution is 5.76. The average Bonchev–Trinajstić information content (AvgIpc) is 2.36. The van der Waals surface area contributed by atoms with Gasteiger partial charge in [-0.1, -0.05) is 24.3 Å². The summed E-state index contributed by atoms with van der Waals surface area (Å²) < 4.78 is 4.66. The third-order valence-corrected chi connectivity index (χ3v) is 2.87. The summed E-state index contributed by atoms with van der Waals surface area (Å²) in [5.74, 6) is -0.462. The third kappa shape index (κ3) is 2.84. The highest BCUT2D eigenvalue weighted by atomic mass is 16.5. The summed E-state index contributed by atoms with van der Waals surface area (Å²) in [5, 5.41) is 19.1. The lowest BCUT2D eigenvalue weighted by Gasteiger charge is -2.27. The van der Waals surface area contributed by atoms with E-state index in [1.807, 2.05) is 0 Å². The molecule has 0 aliphatic carbocycles. The molecule has 0 bridgehead atoms. The van der Waals surface area contributed by atoms with Gasteiger partial charge < -0.3 is 14.9 Å². The first kappa shape index (κ1) is 13.7. The SMILES string of the molecule is COC(=O)C(C)(C)C(O)c1ccc(CO)cc1. The van der Waals surface area contributed by atoms with Gasteiger partial charge in [0.1, 0.15) is 0 Å². The van der Waals surface area contributed by atoms with E-state index < -0.39 is 17.5 Å². The molecule has 0 saturated heterocycles. The molecule has 0 amide bonds. The number of methoxy groups -OCH3 is 1. The minimum atomic E-state index is -1.00. The zero-order valence-corrected chi connectivity index (χ0v) is 10.3. The minimum Gasteiger partial charge on any atom is -0.469 e. The molecule has 4 nitrogen and oxygen atoms in total. The molecule has 2 N–H and O–H groups in total. The monoisotopic (exact) mass is 238 g/mol. The summed E-state index contributed by atoms with van der Waals surface area (Å²) >= 11 is 0. The van der Waals surface area contributed by atoms with Gasteiger partial charge in [-0.05, 0) is 25.0 Å². The number of esters is 1. The quantitative estimate of drug-likeness (QED) is 0.778. The first-order valence-electron chi connectivity index (χ1n) is 5.39. The fourth-order valence-corrected chi connectivity index (χ4v) is 1.60. The summed E-state index contributed by atoms with van der Waals surface area (Å²) in [5.41, 5.74) is 0.379. The standard InChI is InChI=1S/C13H18O4/c1-13(2,12(16)17-3)11(15)10-6-4-9(8-14)5-7-10/h4-7,11,14-15H,8H2,1-3H3. The number of rotatable bonds is 4. The molecule has 17 heavy (non-hydrogen) atoms. The van der Waals surface area contributed by atoms with Crippen LogP contribution in [0.2, 0.25) is 0 Å². The first-order chi connectivity index (χ1) is 7.93. The van der Waals surface area contributed by atoms with Crippen molar-refractivity contribution in [2.45, 2.75) is 26.6 Å². The predicted molar refractivity (Wildman–Crippen MR) is 63.1 cm³/mol. The maximum atomic E-state index is 11.5. The van der Waals surface area contributed by atoms with Gasteiger partial charge in [0.2, 0.25) is 0 Å². The normalized spacial score (nSPS) is 13.2. The van der Waals surface area contributed by atoms with Crippen LogP contribution in [0, 0.1) is 5.41 Å². The van der Waals surface area contributed by atoms with Crippen molar-refractivity contribution in [1.82, 2.24) is 0 Å². The van der Waals surface area contributed by atoms with Crippen LogP contribution in [0.1, 0.15) is 31.1 Å². The van der Waals surface area contributed by atoms with E-state index in [2.05, 4.69) is 4.74 Å². The molecule has 0 aromatic heterocycles. The summed E-state index contributed by atoms with van der Waals surface area (Å²) in [6.45, 7) is 3.21. The Morgan fingerprint density at radius 3 is 2.29 bits per heavy atom. The van der Waals surface area contributed by atoms with E-state index in [1.165, 1.54) is 7.11 Å². The molecule has 1 aromatic rings. The van der Waals surface area contributed by atoms with Crippen LogP contribution in [-0.2, 0) is 16.1 Å². The second kappa shape index (κ2) is 5.29. The van der Waals surface area contributed by atoms with E-state index in [-0.39, 0.29) is 6.61 Å². The number of carbonyl (C=O) groups excluding carboxylic acids is 1. The van der Waals surface area contributed by atoms with E-state index in [1.54, 1.807) is 38.1 Å². The van der Waals surface area contributed by atoms with E-state index >= 15 is 0 Å². The maximum Gasteiger partial charge on any atom is 0.314 e. The van der Waals surface area contributed by atoms with Crippen molar-refractivity contribution in [3.8, 4) is 0 Å². The summed E-state index contributed by atoms with van der Waals surface area (Å²) in [7, 11) is 1.30.